The van der Waals surface area contributed by atoms with E-state index in [1.54, 1.807) is 0 Å². The molecule has 2 atom stereocenters. The van der Waals surface area contributed by atoms with Crippen LogP contribution in [0.15, 0.2) is 0 Å². The maximum absolute atomic E-state index is 6.33. The van der Waals surface area contributed by atoms with Gasteiger partial charge in [-0.05, 0) is 18.8 Å². The van der Waals surface area contributed by atoms with Crippen LogP contribution >= 0.6 is 11.6 Å². The zero-order valence-corrected chi connectivity index (χ0v) is 13.6. The largest absolute Gasteiger partial charge is 0.381 e. The summed E-state index contributed by atoms with van der Waals surface area (Å²) in [5.74, 6) is 0.615. The molecule has 1 rings (SSSR count). The molecule has 0 aromatic carbocycles. The minimum absolute atomic E-state index is 0.368. The van der Waals surface area contributed by atoms with E-state index in [0.29, 0.717) is 11.3 Å². The number of unbranched alkanes of at least 4 members (excludes halogenated alkanes) is 9. The Morgan fingerprint density at radius 2 is 1.47 bits per heavy atom. The molecular weight excluding hydrogens is 256 g/mol. The van der Waals surface area contributed by atoms with Gasteiger partial charge in [0.2, 0.25) is 0 Å². The van der Waals surface area contributed by atoms with Crippen molar-refractivity contribution in [1.82, 2.24) is 0 Å². The van der Waals surface area contributed by atoms with Crippen molar-refractivity contribution < 1.29 is 4.74 Å². The summed E-state index contributed by atoms with van der Waals surface area (Å²) in [5, 5.41) is 0.368. The van der Waals surface area contributed by atoms with E-state index in [9.17, 15) is 0 Å². The van der Waals surface area contributed by atoms with Crippen molar-refractivity contribution in [2.45, 2.75) is 89.4 Å². The van der Waals surface area contributed by atoms with Gasteiger partial charge in [0.05, 0.1) is 6.61 Å². The quantitative estimate of drug-likeness (QED) is 0.338. The molecule has 0 spiro atoms. The van der Waals surface area contributed by atoms with Crippen LogP contribution in [-0.4, -0.2) is 18.6 Å². The highest BCUT2D eigenvalue weighted by atomic mass is 35.5. The molecule has 1 aliphatic rings. The minimum Gasteiger partial charge on any atom is -0.381 e. The van der Waals surface area contributed by atoms with Gasteiger partial charge in [0.15, 0.2) is 0 Å². The molecule has 2 heteroatoms. The van der Waals surface area contributed by atoms with Crippen molar-refractivity contribution in [1.29, 1.82) is 0 Å². The van der Waals surface area contributed by atoms with Gasteiger partial charge in [0, 0.05) is 12.0 Å². The third-order valence-corrected chi connectivity index (χ3v) is 4.88. The first-order chi connectivity index (χ1) is 9.34. The Hall–Kier alpha value is 0.250. The van der Waals surface area contributed by atoms with E-state index in [1.807, 2.05) is 0 Å². The molecule has 2 unspecified atom stereocenters. The molecule has 0 saturated carbocycles. The van der Waals surface area contributed by atoms with Crippen molar-refractivity contribution in [2.75, 3.05) is 13.2 Å². The van der Waals surface area contributed by atoms with E-state index >= 15 is 0 Å². The van der Waals surface area contributed by atoms with Gasteiger partial charge in [-0.1, -0.05) is 71.1 Å². The van der Waals surface area contributed by atoms with Crippen LogP contribution in [0.25, 0.3) is 0 Å². The highest BCUT2D eigenvalue weighted by molar-refractivity contribution is 6.20. The molecule has 0 amide bonds. The first-order valence-electron chi connectivity index (χ1n) is 8.56. The highest BCUT2D eigenvalue weighted by Crippen LogP contribution is 2.25. The van der Waals surface area contributed by atoms with E-state index in [4.69, 9.17) is 16.3 Å². The standard InChI is InChI=1S/C17H33ClO/c1-2-3-4-5-6-7-8-9-10-11-12-16-15-19-14-13-17(16)18/h16-17H,2-15H2,1H3. The number of rotatable bonds is 11. The summed E-state index contributed by atoms with van der Waals surface area (Å²) in [6.45, 7) is 4.04. The van der Waals surface area contributed by atoms with Gasteiger partial charge in [-0.2, -0.15) is 0 Å². The lowest BCUT2D eigenvalue weighted by atomic mass is 9.94. The Balaban J connectivity index is 1.80. The van der Waals surface area contributed by atoms with Gasteiger partial charge in [-0.3, -0.25) is 0 Å². The lowest BCUT2D eigenvalue weighted by molar-refractivity contribution is 0.0535. The van der Waals surface area contributed by atoms with Gasteiger partial charge < -0.3 is 4.74 Å². The summed E-state index contributed by atoms with van der Waals surface area (Å²) in [4.78, 5) is 0. The van der Waals surface area contributed by atoms with Crippen LogP contribution in [0.4, 0.5) is 0 Å². The van der Waals surface area contributed by atoms with Crippen LogP contribution in [0.1, 0.15) is 84.0 Å². The molecule has 1 heterocycles. The third-order valence-electron chi connectivity index (χ3n) is 4.31. The number of hydrogen-bond donors (Lipinski definition) is 0. The van der Waals surface area contributed by atoms with Crippen molar-refractivity contribution in [3.05, 3.63) is 0 Å². The van der Waals surface area contributed by atoms with Gasteiger partial charge in [0.25, 0.3) is 0 Å². The van der Waals surface area contributed by atoms with Gasteiger partial charge in [-0.25, -0.2) is 0 Å². The number of ether oxygens (including phenoxy) is 1. The summed E-state index contributed by atoms with van der Waals surface area (Å²) in [6.07, 6.45) is 16.4. The number of alkyl halides is 1. The van der Waals surface area contributed by atoms with Crippen molar-refractivity contribution >= 4 is 11.6 Å². The summed E-state index contributed by atoms with van der Waals surface area (Å²) in [7, 11) is 0. The Kier molecular flexibility index (Phi) is 11.0. The summed E-state index contributed by atoms with van der Waals surface area (Å²) < 4.78 is 5.51. The van der Waals surface area contributed by atoms with Gasteiger partial charge in [0.1, 0.15) is 0 Å². The van der Waals surface area contributed by atoms with Crippen molar-refractivity contribution in [2.24, 2.45) is 5.92 Å². The first-order valence-corrected chi connectivity index (χ1v) is 9.00. The Morgan fingerprint density at radius 3 is 2.05 bits per heavy atom. The normalized spacial score (nSPS) is 23.7. The SMILES string of the molecule is CCCCCCCCCCCCC1COCCC1Cl. The Bertz CT molecular complexity index is 196. The molecule has 0 N–H and O–H groups in total. The smallest absolute Gasteiger partial charge is 0.0508 e. The van der Waals surface area contributed by atoms with Crippen LogP contribution in [0.5, 0.6) is 0 Å². The topological polar surface area (TPSA) is 9.23 Å². The fourth-order valence-electron chi connectivity index (χ4n) is 2.93. The predicted octanol–water partition coefficient (Wildman–Crippen LogP) is 5.94. The average molecular weight is 289 g/mol. The van der Waals surface area contributed by atoms with Crippen LogP contribution in [0.3, 0.4) is 0 Å². The molecule has 0 aliphatic carbocycles. The monoisotopic (exact) mass is 288 g/mol. The molecule has 19 heavy (non-hydrogen) atoms. The second kappa shape index (κ2) is 12.0. The minimum atomic E-state index is 0.368. The van der Waals surface area contributed by atoms with E-state index in [2.05, 4.69) is 6.92 Å². The first kappa shape index (κ1) is 17.3. The third kappa shape index (κ3) is 8.92. The summed E-state index contributed by atoms with van der Waals surface area (Å²) in [5.41, 5.74) is 0. The molecule has 0 bridgehead atoms. The Labute approximate surface area is 125 Å². The van der Waals surface area contributed by atoms with E-state index in [-0.39, 0.29) is 0 Å². The highest BCUT2D eigenvalue weighted by Gasteiger charge is 2.22. The van der Waals surface area contributed by atoms with Crippen LogP contribution in [-0.2, 0) is 4.74 Å². The molecule has 1 fully saturated rings. The molecular formula is C17H33ClO. The van der Waals surface area contributed by atoms with Crippen LogP contribution in [0, 0.1) is 5.92 Å². The van der Waals surface area contributed by atoms with E-state index in [1.165, 1.54) is 70.6 Å². The zero-order chi connectivity index (χ0) is 13.8. The molecule has 114 valence electrons. The fraction of sp³-hybridized carbons (Fsp3) is 1.00. The number of hydrogen-bond acceptors (Lipinski definition) is 1. The van der Waals surface area contributed by atoms with Crippen LogP contribution in [0.2, 0.25) is 0 Å². The van der Waals surface area contributed by atoms with Crippen LogP contribution < -0.4 is 0 Å². The maximum Gasteiger partial charge on any atom is 0.0508 e. The van der Waals surface area contributed by atoms with Gasteiger partial charge in [-0.15, -0.1) is 11.6 Å². The summed E-state index contributed by atoms with van der Waals surface area (Å²) in [6, 6.07) is 0. The second-order valence-electron chi connectivity index (χ2n) is 6.11. The molecule has 0 aromatic heterocycles. The Morgan fingerprint density at radius 1 is 0.895 bits per heavy atom. The van der Waals surface area contributed by atoms with Crippen molar-refractivity contribution in [3.63, 3.8) is 0 Å². The average Bonchev–Trinajstić information content (AvgIpc) is 2.43. The van der Waals surface area contributed by atoms with Crippen molar-refractivity contribution in [3.8, 4) is 0 Å². The molecule has 0 radical (unpaired) electrons. The maximum atomic E-state index is 6.33. The number of halogens is 1. The van der Waals surface area contributed by atoms with E-state index < -0.39 is 0 Å². The predicted molar refractivity (Wildman–Crippen MR) is 85.0 cm³/mol. The van der Waals surface area contributed by atoms with E-state index in [0.717, 1.165) is 19.6 Å². The van der Waals surface area contributed by atoms with Gasteiger partial charge >= 0.3 is 0 Å². The zero-order valence-electron chi connectivity index (χ0n) is 12.8. The molecule has 0 aromatic rings. The molecule has 1 aliphatic heterocycles. The summed E-state index contributed by atoms with van der Waals surface area (Å²) >= 11 is 6.33. The lowest BCUT2D eigenvalue weighted by Gasteiger charge is -2.27. The molecule has 1 nitrogen and oxygen atoms in total. The molecule has 1 saturated heterocycles. The fourth-order valence-corrected chi connectivity index (χ4v) is 3.22. The second-order valence-corrected chi connectivity index (χ2v) is 6.67. The lowest BCUT2D eigenvalue weighted by Crippen LogP contribution is -2.27.